The van der Waals surface area contributed by atoms with Crippen LogP contribution in [0.2, 0.25) is 0 Å². The van der Waals surface area contributed by atoms with Gasteiger partial charge in [-0.15, -0.1) is 0 Å². The van der Waals surface area contributed by atoms with Crippen LogP contribution in [-0.4, -0.2) is 26.8 Å². The number of hydrogen-bond acceptors (Lipinski definition) is 6. The number of hydrogen-bond donors (Lipinski definition) is 2. The molecule has 24 heavy (non-hydrogen) atoms. The Balaban J connectivity index is 2.28. The number of carbonyl (C=O) groups is 2. The number of carbonyl (C=O) groups excluding carboxylic acids is 1. The van der Waals surface area contributed by atoms with Gasteiger partial charge in [0.05, 0.1) is 27.7 Å². The molecule has 0 saturated carbocycles. The fourth-order valence-corrected chi connectivity index (χ4v) is 2.49. The van der Waals surface area contributed by atoms with Gasteiger partial charge in [0.15, 0.2) is 0 Å². The maximum Gasteiger partial charge on any atom is 0.307 e. The zero-order chi connectivity index (χ0) is 17.9. The van der Waals surface area contributed by atoms with Gasteiger partial charge in [-0.3, -0.25) is 29.8 Å². The van der Waals surface area contributed by atoms with Crippen LogP contribution in [-0.2, 0) is 9.59 Å². The van der Waals surface area contributed by atoms with Crippen molar-refractivity contribution in [3.05, 3.63) is 50.6 Å². The molecule has 2 N–H and O–H groups in total. The van der Waals surface area contributed by atoms with Gasteiger partial charge in [-0.2, -0.15) is 0 Å². The van der Waals surface area contributed by atoms with E-state index >= 15 is 0 Å². The summed E-state index contributed by atoms with van der Waals surface area (Å²) in [4.78, 5) is 43.6. The average Bonchev–Trinajstić information content (AvgIpc) is 2.54. The van der Waals surface area contributed by atoms with Gasteiger partial charge in [0, 0.05) is 6.07 Å². The quantitative estimate of drug-likeness (QED) is 0.474. The summed E-state index contributed by atoms with van der Waals surface area (Å²) < 4.78 is 0. The van der Waals surface area contributed by atoms with Gasteiger partial charge in [0.25, 0.3) is 11.4 Å². The van der Waals surface area contributed by atoms with E-state index in [2.05, 4.69) is 5.32 Å². The standard InChI is InChI=1S/C14H13N3O7/c18-13(9-3-1-2-4-10(9)14(19)20)15-11-6-5-8(16(21)22)7-12(11)17(23)24/h1-2,5-7,9-10H,3-4H2,(H,15,18)(H,19,20). The number of nitrogens with one attached hydrogen (secondary N) is 1. The third-order valence-corrected chi connectivity index (χ3v) is 3.73. The van der Waals surface area contributed by atoms with Crippen LogP contribution in [0.5, 0.6) is 0 Å². The summed E-state index contributed by atoms with van der Waals surface area (Å²) in [6.45, 7) is 0. The van der Waals surface area contributed by atoms with Crippen molar-refractivity contribution < 1.29 is 24.5 Å². The van der Waals surface area contributed by atoms with Crippen LogP contribution in [0.4, 0.5) is 17.1 Å². The van der Waals surface area contributed by atoms with E-state index in [1.807, 2.05) is 0 Å². The molecule has 0 saturated heterocycles. The number of nitro groups is 2. The smallest absolute Gasteiger partial charge is 0.307 e. The largest absolute Gasteiger partial charge is 0.481 e. The summed E-state index contributed by atoms with van der Waals surface area (Å²) >= 11 is 0. The molecule has 2 rings (SSSR count). The van der Waals surface area contributed by atoms with Gasteiger partial charge in [-0.05, 0) is 18.9 Å². The lowest BCUT2D eigenvalue weighted by atomic mass is 9.82. The van der Waals surface area contributed by atoms with Crippen LogP contribution >= 0.6 is 0 Å². The molecule has 0 heterocycles. The Morgan fingerprint density at radius 1 is 1.08 bits per heavy atom. The Bertz CT molecular complexity index is 744. The molecule has 126 valence electrons. The molecule has 0 bridgehead atoms. The number of benzene rings is 1. The second-order valence-corrected chi connectivity index (χ2v) is 5.20. The maximum absolute atomic E-state index is 12.3. The molecule has 1 aliphatic carbocycles. The highest BCUT2D eigenvalue weighted by molar-refractivity contribution is 5.97. The van der Waals surface area contributed by atoms with Crippen molar-refractivity contribution in [2.24, 2.45) is 11.8 Å². The monoisotopic (exact) mass is 335 g/mol. The summed E-state index contributed by atoms with van der Waals surface area (Å²) in [5.41, 5.74) is -1.33. The van der Waals surface area contributed by atoms with Crippen molar-refractivity contribution in [2.45, 2.75) is 12.8 Å². The molecule has 0 aliphatic heterocycles. The van der Waals surface area contributed by atoms with Crippen molar-refractivity contribution in [1.82, 2.24) is 0 Å². The Kier molecular flexibility index (Phi) is 4.87. The number of nitro benzene ring substituents is 2. The number of aliphatic carboxylic acids is 1. The summed E-state index contributed by atoms with van der Waals surface area (Å²) in [5, 5.41) is 33.2. The van der Waals surface area contributed by atoms with Crippen LogP contribution in [0.1, 0.15) is 12.8 Å². The third-order valence-electron chi connectivity index (χ3n) is 3.73. The number of carboxylic acid groups (broad SMARTS) is 1. The van der Waals surface area contributed by atoms with Gasteiger partial charge < -0.3 is 10.4 Å². The van der Waals surface area contributed by atoms with Crippen LogP contribution in [0.3, 0.4) is 0 Å². The van der Waals surface area contributed by atoms with Crippen molar-refractivity contribution in [2.75, 3.05) is 5.32 Å². The van der Waals surface area contributed by atoms with E-state index in [9.17, 15) is 29.8 Å². The lowest BCUT2D eigenvalue weighted by molar-refractivity contribution is -0.393. The molecule has 1 aliphatic rings. The molecule has 1 aromatic carbocycles. The predicted octanol–water partition coefficient (Wildman–Crippen LogP) is 2.11. The van der Waals surface area contributed by atoms with Gasteiger partial charge in [0.2, 0.25) is 5.91 Å². The minimum atomic E-state index is -1.13. The first-order chi connectivity index (χ1) is 11.3. The summed E-state index contributed by atoms with van der Waals surface area (Å²) in [5.74, 6) is -3.60. The lowest BCUT2D eigenvalue weighted by Gasteiger charge is -2.24. The number of carboxylic acids is 1. The van der Waals surface area contributed by atoms with E-state index in [0.717, 1.165) is 18.2 Å². The molecule has 2 atom stereocenters. The van der Waals surface area contributed by atoms with Gasteiger partial charge in [0.1, 0.15) is 5.69 Å². The third kappa shape index (κ3) is 3.54. The zero-order valence-corrected chi connectivity index (χ0v) is 12.2. The molecule has 0 spiro atoms. The number of rotatable bonds is 5. The van der Waals surface area contributed by atoms with E-state index in [4.69, 9.17) is 5.11 Å². The first kappa shape index (κ1) is 17.1. The van der Waals surface area contributed by atoms with Crippen LogP contribution in [0.15, 0.2) is 30.4 Å². The Labute approximate surface area is 135 Å². The Morgan fingerprint density at radius 2 is 1.71 bits per heavy atom. The topological polar surface area (TPSA) is 153 Å². The Hall–Kier alpha value is -3.30. The number of anilines is 1. The van der Waals surface area contributed by atoms with Crippen molar-refractivity contribution in [1.29, 1.82) is 0 Å². The summed E-state index contributed by atoms with van der Waals surface area (Å²) in [6.07, 6.45) is 3.73. The van der Waals surface area contributed by atoms with Crippen molar-refractivity contribution in [3.63, 3.8) is 0 Å². The highest BCUT2D eigenvalue weighted by Gasteiger charge is 2.35. The molecule has 2 unspecified atom stereocenters. The highest BCUT2D eigenvalue weighted by atomic mass is 16.6. The molecular formula is C14H13N3O7. The fourth-order valence-electron chi connectivity index (χ4n) is 2.49. The highest BCUT2D eigenvalue weighted by Crippen LogP contribution is 2.32. The zero-order valence-electron chi connectivity index (χ0n) is 12.2. The van der Waals surface area contributed by atoms with E-state index in [1.54, 1.807) is 12.2 Å². The Morgan fingerprint density at radius 3 is 2.25 bits per heavy atom. The number of amides is 1. The first-order valence-electron chi connectivity index (χ1n) is 6.92. The van der Waals surface area contributed by atoms with E-state index in [0.29, 0.717) is 0 Å². The maximum atomic E-state index is 12.3. The normalized spacial score (nSPS) is 19.5. The lowest BCUT2D eigenvalue weighted by Crippen LogP contribution is -2.34. The number of nitrogens with zero attached hydrogens (tertiary/aromatic N) is 2. The molecular weight excluding hydrogens is 322 g/mol. The van der Waals surface area contributed by atoms with Gasteiger partial charge in [-0.1, -0.05) is 12.2 Å². The average molecular weight is 335 g/mol. The number of allylic oxidation sites excluding steroid dienone is 2. The predicted molar refractivity (Wildman–Crippen MR) is 81.4 cm³/mol. The molecule has 1 aromatic rings. The van der Waals surface area contributed by atoms with E-state index < -0.39 is 44.9 Å². The molecule has 0 fully saturated rings. The van der Waals surface area contributed by atoms with Crippen molar-refractivity contribution >= 4 is 28.9 Å². The fraction of sp³-hybridized carbons (Fsp3) is 0.286. The van der Waals surface area contributed by atoms with Crippen LogP contribution in [0, 0.1) is 32.1 Å². The second-order valence-electron chi connectivity index (χ2n) is 5.20. The van der Waals surface area contributed by atoms with Gasteiger partial charge >= 0.3 is 5.97 Å². The van der Waals surface area contributed by atoms with Crippen LogP contribution < -0.4 is 5.32 Å². The molecule has 1 amide bonds. The molecule has 10 heteroatoms. The minimum Gasteiger partial charge on any atom is -0.481 e. The van der Waals surface area contributed by atoms with Gasteiger partial charge in [-0.25, -0.2) is 0 Å². The second kappa shape index (κ2) is 6.86. The SMILES string of the molecule is O=C(O)C1CC=CCC1C(=O)Nc1ccc([N+](=O)[O-])cc1[N+](=O)[O-]. The molecule has 0 aromatic heterocycles. The van der Waals surface area contributed by atoms with Crippen molar-refractivity contribution in [3.8, 4) is 0 Å². The number of non-ortho nitro benzene ring substituents is 1. The minimum absolute atomic E-state index is 0.190. The summed E-state index contributed by atoms with van der Waals surface area (Å²) in [6, 6.07) is 2.83. The van der Waals surface area contributed by atoms with Crippen LogP contribution in [0.25, 0.3) is 0 Å². The van der Waals surface area contributed by atoms with E-state index in [1.165, 1.54) is 0 Å². The van der Waals surface area contributed by atoms with E-state index in [-0.39, 0.29) is 18.5 Å². The first-order valence-corrected chi connectivity index (χ1v) is 6.92. The molecule has 10 nitrogen and oxygen atoms in total. The molecule has 0 radical (unpaired) electrons. The summed E-state index contributed by atoms with van der Waals surface area (Å²) in [7, 11) is 0.